The molecule has 0 aliphatic carbocycles. The Morgan fingerprint density at radius 2 is 1.76 bits per heavy atom. The molecule has 0 aromatic heterocycles. The van der Waals surface area contributed by atoms with Gasteiger partial charge in [-0.15, -0.1) is 0 Å². The van der Waals surface area contributed by atoms with Crippen molar-refractivity contribution in [2.75, 3.05) is 26.7 Å². The first-order chi connectivity index (χ1) is 9.92. The summed E-state index contributed by atoms with van der Waals surface area (Å²) in [7, 11) is 1.74. The third-order valence-corrected chi connectivity index (χ3v) is 3.22. The van der Waals surface area contributed by atoms with Crippen LogP contribution in [0.1, 0.15) is 24.5 Å². The van der Waals surface area contributed by atoms with Gasteiger partial charge in [-0.2, -0.15) is 0 Å². The van der Waals surface area contributed by atoms with Crippen molar-refractivity contribution < 1.29 is 14.7 Å². The molecule has 0 saturated carbocycles. The quantitative estimate of drug-likeness (QED) is 0.793. The lowest BCUT2D eigenvalue weighted by molar-refractivity contribution is -0.139. The Labute approximate surface area is 126 Å². The van der Waals surface area contributed by atoms with Gasteiger partial charge in [0, 0.05) is 13.6 Å². The van der Waals surface area contributed by atoms with E-state index in [0.717, 1.165) is 12.0 Å². The van der Waals surface area contributed by atoms with E-state index in [1.54, 1.807) is 16.8 Å². The van der Waals surface area contributed by atoms with E-state index in [1.807, 2.05) is 38.1 Å². The van der Waals surface area contributed by atoms with E-state index in [1.165, 1.54) is 5.56 Å². The van der Waals surface area contributed by atoms with Gasteiger partial charge < -0.3 is 10.0 Å². The number of rotatable bonds is 8. The number of carboxylic acid groups (broad SMARTS) is 1. The van der Waals surface area contributed by atoms with Gasteiger partial charge in [-0.3, -0.25) is 14.5 Å². The Morgan fingerprint density at radius 3 is 2.29 bits per heavy atom. The summed E-state index contributed by atoms with van der Waals surface area (Å²) in [5.41, 5.74) is 2.25. The van der Waals surface area contributed by atoms with Gasteiger partial charge in [0.05, 0.1) is 13.1 Å². The first-order valence-electron chi connectivity index (χ1n) is 7.16. The van der Waals surface area contributed by atoms with Crippen LogP contribution in [0.25, 0.3) is 0 Å². The Hall–Kier alpha value is -1.88. The SMILES string of the molecule is CCCN(CC(=O)O)CC(=O)N(C)Cc1ccc(C)cc1. The van der Waals surface area contributed by atoms with E-state index < -0.39 is 5.97 Å². The van der Waals surface area contributed by atoms with Crippen molar-refractivity contribution in [2.24, 2.45) is 0 Å². The molecule has 0 unspecified atom stereocenters. The van der Waals surface area contributed by atoms with Gasteiger partial charge in [-0.25, -0.2) is 0 Å². The molecule has 21 heavy (non-hydrogen) atoms. The Kier molecular flexibility index (Phi) is 6.88. The minimum absolute atomic E-state index is 0.0646. The number of aryl methyl sites for hydroxylation is 1. The van der Waals surface area contributed by atoms with E-state index >= 15 is 0 Å². The van der Waals surface area contributed by atoms with E-state index in [-0.39, 0.29) is 19.0 Å². The van der Waals surface area contributed by atoms with Crippen LogP contribution in [0.5, 0.6) is 0 Å². The predicted octanol–water partition coefficient (Wildman–Crippen LogP) is 1.75. The molecule has 1 N–H and O–H groups in total. The minimum Gasteiger partial charge on any atom is -0.480 e. The third-order valence-electron chi connectivity index (χ3n) is 3.22. The maximum atomic E-state index is 12.2. The van der Waals surface area contributed by atoms with Gasteiger partial charge in [-0.05, 0) is 25.5 Å². The van der Waals surface area contributed by atoms with Crippen molar-refractivity contribution in [1.29, 1.82) is 0 Å². The standard InChI is InChI=1S/C16H24N2O3/c1-4-9-18(12-16(20)21)11-15(19)17(3)10-14-7-5-13(2)6-8-14/h5-8H,4,9-12H2,1-3H3,(H,20,21). The molecule has 0 aliphatic heterocycles. The average Bonchev–Trinajstić information content (AvgIpc) is 2.40. The summed E-state index contributed by atoms with van der Waals surface area (Å²) in [6, 6.07) is 8.03. The summed E-state index contributed by atoms with van der Waals surface area (Å²) in [5.74, 6) is -0.970. The van der Waals surface area contributed by atoms with Gasteiger partial charge in [-0.1, -0.05) is 36.8 Å². The molecule has 0 spiro atoms. The van der Waals surface area contributed by atoms with Crippen molar-refractivity contribution in [3.05, 3.63) is 35.4 Å². The molecule has 1 aromatic rings. The summed E-state index contributed by atoms with van der Waals surface area (Å²) in [6.45, 7) is 5.17. The number of nitrogens with zero attached hydrogens (tertiary/aromatic N) is 2. The largest absolute Gasteiger partial charge is 0.480 e. The van der Waals surface area contributed by atoms with Crippen LogP contribution in [0.2, 0.25) is 0 Å². The number of amides is 1. The zero-order chi connectivity index (χ0) is 15.8. The molecule has 0 aliphatic rings. The van der Waals surface area contributed by atoms with Gasteiger partial charge in [0.25, 0.3) is 0 Å². The number of hydrogen-bond donors (Lipinski definition) is 1. The molecule has 5 nitrogen and oxygen atoms in total. The van der Waals surface area contributed by atoms with Crippen LogP contribution in [0.4, 0.5) is 0 Å². The number of hydrogen-bond acceptors (Lipinski definition) is 3. The second-order valence-corrected chi connectivity index (χ2v) is 5.34. The zero-order valence-corrected chi connectivity index (χ0v) is 13.0. The summed E-state index contributed by atoms with van der Waals surface area (Å²) >= 11 is 0. The summed E-state index contributed by atoms with van der Waals surface area (Å²) in [6.07, 6.45) is 0.822. The highest BCUT2D eigenvalue weighted by Gasteiger charge is 2.16. The molecule has 1 amide bonds. The molecular formula is C16H24N2O3. The Balaban J connectivity index is 2.55. The first-order valence-corrected chi connectivity index (χ1v) is 7.16. The minimum atomic E-state index is -0.905. The van der Waals surface area contributed by atoms with Crippen molar-refractivity contribution in [2.45, 2.75) is 26.8 Å². The molecule has 116 valence electrons. The smallest absolute Gasteiger partial charge is 0.317 e. The van der Waals surface area contributed by atoms with Crippen LogP contribution in [-0.4, -0.2) is 53.5 Å². The van der Waals surface area contributed by atoms with Crippen LogP contribution in [0.15, 0.2) is 24.3 Å². The normalized spacial score (nSPS) is 10.7. The van der Waals surface area contributed by atoms with Crippen molar-refractivity contribution in [1.82, 2.24) is 9.80 Å². The molecule has 0 radical (unpaired) electrons. The van der Waals surface area contributed by atoms with Gasteiger partial charge in [0.15, 0.2) is 0 Å². The fourth-order valence-corrected chi connectivity index (χ4v) is 2.09. The fourth-order valence-electron chi connectivity index (χ4n) is 2.09. The topological polar surface area (TPSA) is 60.9 Å². The van der Waals surface area contributed by atoms with E-state index in [2.05, 4.69) is 0 Å². The summed E-state index contributed by atoms with van der Waals surface area (Å²) in [5, 5.41) is 8.86. The molecule has 0 atom stereocenters. The van der Waals surface area contributed by atoms with Crippen LogP contribution in [-0.2, 0) is 16.1 Å². The number of carboxylic acids is 1. The van der Waals surface area contributed by atoms with Gasteiger partial charge in [0.2, 0.25) is 5.91 Å². The lowest BCUT2D eigenvalue weighted by Gasteiger charge is -2.23. The van der Waals surface area contributed by atoms with Gasteiger partial charge in [0.1, 0.15) is 0 Å². The number of benzene rings is 1. The van der Waals surface area contributed by atoms with Crippen LogP contribution < -0.4 is 0 Å². The monoisotopic (exact) mass is 292 g/mol. The maximum Gasteiger partial charge on any atom is 0.317 e. The van der Waals surface area contributed by atoms with E-state index in [9.17, 15) is 9.59 Å². The molecular weight excluding hydrogens is 268 g/mol. The lowest BCUT2D eigenvalue weighted by atomic mass is 10.1. The number of carbonyl (C=O) groups is 2. The lowest BCUT2D eigenvalue weighted by Crippen LogP contribution is -2.40. The Bertz CT molecular complexity index is 471. The highest BCUT2D eigenvalue weighted by Crippen LogP contribution is 2.06. The van der Waals surface area contributed by atoms with Crippen molar-refractivity contribution in [3.8, 4) is 0 Å². The number of aliphatic carboxylic acids is 1. The first kappa shape index (κ1) is 17.2. The second kappa shape index (κ2) is 8.42. The fraction of sp³-hybridized carbons (Fsp3) is 0.500. The summed E-state index contributed by atoms with van der Waals surface area (Å²) in [4.78, 5) is 26.3. The average molecular weight is 292 g/mol. The number of likely N-dealkylation sites (N-methyl/N-ethyl adjacent to an activating group) is 1. The van der Waals surface area contributed by atoms with E-state index in [0.29, 0.717) is 13.1 Å². The third kappa shape index (κ3) is 6.40. The molecule has 0 heterocycles. The Morgan fingerprint density at radius 1 is 1.14 bits per heavy atom. The highest BCUT2D eigenvalue weighted by molar-refractivity contribution is 5.79. The molecule has 5 heteroatoms. The second-order valence-electron chi connectivity index (χ2n) is 5.34. The van der Waals surface area contributed by atoms with Crippen LogP contribution in [0, 0.1) is 6.92 Å². The van der Waals surface area contributed by atoms with Crippen LogP contribution in [0.3, 0.4) is 0 Å². The molecule has 0 fully saturated rings. The zero-order valence-electron chi connectivity index (χ0n) is 13.0. The molecule has 1 aromatic carbocycles. The maximum absolute atomic E-state index is 12.2. The van der Waals surface area contributed by atoms with Crippen molar-refractivity contribution >= 4 is 11.9 Å². The molecule has 1 rings (SSSR count). The molecule has 0 bridgehead atoms. The van der Waals surface area contributed by atoms with Crippen LogP contribution >= 0.6 is 0 Å². The number of carbonyl (C=O) groups excluding carboxylic acids is 1. The summed E-state index contributed by atoms with van der Waals surface area (Å²) < 4.78 is 0. The molecule has 0 saturated heterocycles. The van der Waals surface area contributed by atoms with Crippen molar-refractivity contribution in [3.63, 3.8) is 0 Å². The van der Waals surface area contributed by atoms with Gasteiger partial charge >= 0.3 is 5.97 Å². The predicted molar refractivity (Wildman–Crippen MR) is 82.0 cm³/mol. The highest BCUT2D eigenvalue weighted by atomic mass is 16.4. The van der Waals surface area contributed by atoms with E-state index in [4.69, 9.17) is 5.11 Å².